The molecule has 0 radical (unpaired) electrons. The zero-order valence-corrected chi connectivity index (χ0v) is 15.6. The molecule has 27 heavy (non-hydrogen) atoms. The summed E-state index contributed by atoms with van der Waals surface area (Å²) in [6.07, 6.45) is 10.0. The van der Waals surface area contributed by atoms with Crippen LogP contribution in [0.3, 0.4) is 0 Å². The van der Waals surface area contributed by atoms with Crippen LogP contribution < -0.4 is 10.1 Å². The number of amides is 1. The van der Waals surface area contributed by atoms with Gasteiger partial charge in [0.25, 0.3) is 5.91 Å². The van der Waals surface area contributed by atoms with E-state index in [1.54, 1.807) is 18.3 Å². The van der Waals surface area contributed by atoms with Crippen LogP contribution in [0.2, 0.25) is 0 Å². The molecule has 1 saturated heterocycles. The van der Waals surface area contributed by atoms with Gasteiger partial charge in [0, 0.05) is 18.2 Å². The number of hydrogen-bond acceptors (Lipinski definition) is 4. The Balaban J connectivity index is 1.39. The minimum atomic E-state index is -0.143. The Kier molecular flexibility index (Phi) is 5.72. The van der Waals surface area contributed by atoms with Gasteiger partial charge in [-0.3, -0.25) is 4.79 Å². The molecular formula is C21H27N3O3. The zero-order valence-electron chi connectivity index (χ0n) is 15.6. The fraction of sp³-hybridized carbons (Fsp3) is 0.524. The van der Waals surface area contributed by atoms with E-state index in [-0.39, 0.29) is 12.0 Å². The fourth-order valence-electron chi connectivity index (χ4n) is 3.91. The van der Waals surface area contributed by atoms with Crippen LogP contribution >= 0.6 is 0 Å². The number of nitrogens with zero attached hydrogens (tertiary/aromatic N) is 2. The van der Waals surface area contributed by atoms with E-state index in [9.17, 15) is 4.79 Å². The number of hydrogen-bond donors (Lipinski definition) is 1. The number of anilines is 1. The first-order chi connectivity index (χ1) is 13.3. The van der Waals surface area contributed by atoms with E-state index in [1.807, 2.05) is 22.9 Å². The van der Waals surface area contributed by atoms with Gasteiger partial charge in [-0.1, -0.05) is 25.3 Å². The van der Waals surface area contributed by atoms with Gasteiger partial charge >= 0.3 is 0 Å². The van der Waals surface area contributed by atoms with Gasteiger partial charge < -0.3 is 14.8 Å². The van der Waals surface area contributed by atoms with Gasteiger partial charge in [-0.25, -0.2) is 4.68 Å². The van der Waals surface area contributed by atoms with Crippen molar-refractivity contribution in [1.29, 1.82) is 0 Å². The molecule has 1 aliphatic carbocycles. The molecule has 1 aromatic heterocycles. The maximum absolute atomic E-state index is 12.7. The van der Waals surface area contributed by atoms with Crippen LogP contribution in [0.25, 0.3) is 0 Å². The molecule has 2 aliphatic rings. The topological polar surface area (TPSA) is 65.4 Å². The van der Waals surface area contributed by atoms with Crippen molar-refractivity contribution in [3.8, 4) is 5.75 Å². The number of aromatic nitrogens is 2. The van der Waals surface area contributed by atoms with Gasteiger partial charge in [0.15, 0.2) is 0 Å². The number of carbonyl (C=O) groups is 1. The average Bonchev–Trinajstić information content (AvgIpc) is 3.39. The standard InChI is InChI=1S/C21H27N3O3/c25-21(23-20-11-12-22-24(20)17-7-2-1-3-8-17)16-6-4-9-18(14-16)27-15-19-10-5-13-26-19/h4,6,9,11-12,14,17,19H,1-3,5,7-8,10,13,15H2,(H,23,25). The van der Waals surface area contributed by atoms with Crippen LogP contribution in [0.1, 0.15) is 61.3 Å². The largest absolute Gasteiger partial charge is 0.491 e. The van der Waals surface area contributed by atoms with Crippen LogP contribution in [-0.4, -0.2) is 35.0 Å². The van der Waals surface area contributed by atoms with Crippen molar-refractivity contribution >= 4 is 11.7 Å². The predicted molar refractivity (Wildman–Crippen MR) is 103 cm³/mol. The van der Waals surface area contributed by atoms with Crippen molar-refractivity contribution in [1.82, 2.24) is 9.78 Å². The molecular weight excluding hydrogens is 342 g/mol. The summed E-state index contributed by atoms with van der Waals surface area (Å²) in [4.78, 5) is 12.7. The summed E-state index contributed by atoms with van der Waals surface area (Å²) in [5.74, 6) is 1.31. The molecule has 1 unspecified atom stereocenters. The zero-order chi connectivity index (χ0) is 18.5. The van der Waals surface area contributed by atoms with E-state index < -0.39 is 0 Å². The molecule has 1 amide bonds. The normalized spacial score (nSPS) is 20.5. The average molecular weight is 369 g/mol. The highest BCUT2D eigenvalue weighted by Gasteiger charge is 2.20. The van der Waals surface area contributed by atoms with Crippen molar-refractivity contribution < 1.29 is 14.3 Å². The Bertz CT molecular complexity index is 762. The van der Waals surface area contributed by atoms with E-state index in [1.165, 1.54) is 19.3 Å². The molecule has 0 bridgehead atoms. The van der Waals surface area contributed by atoms with E-state index in [2.05, 4.69) is 10.4 Å². The number of ether oxygens (including phenoxy) is 2. The maximum Gasteiger partial charge on any atom is 0.256 e. The highest BCUT2D eigenvalue weighted by atomic mass is 16.5. The molecule has 2 aromatic rings. The van der Waals surface area contributed by atoms with Crippen LogP contribution in [0.5, 0.6) is 5.75 Å². The monoisotopic (exact) mass is 369 g/mol. The highest BCUT2D eigenvalue weighted by Crippen LogP contribution is 2.30. The lowest BCUT2D eigenvalue weighted by Gasteiger charge is -2.23. The summed E-state index contributed by atoms with van der Waals surface area (Å²) >= 11 is 0. The van der Waals surface area contributed by atoms with Crippen molar-refractivity contribution in [2.24, 2.45) is 0 Å². The number of benzene rings is 1. The smallest absolute Gasteiger partial charge is 0.256 e. The lowest BCUT2D eigenvalue weighted by molar-refractivity contribution is 0.0679. The summed E-state index contributed by atoms with van der Waals surface area (Å²) in [6, 6.07) is 9.55. The minimum Gasteiger partial charge on any atom is -0.491 e. The molecule has 6 heteroatoms. The molecule has 1 saturated carbocycles. The maximum atomic E-state index is 12.7. The first kappa shape index (κ1) is 18.0. The Morgan fingerprint density at radius 1 is 1.19 bits per heavy atom. The number of nitrogens with one attached hydrogen (secondary N) is 1. The van der Waals surface area contributed by atoms with Crippen molar-refractivity contribution in [3.05, 3.63) is 42.1 Å². The highest BCUT2D eigenvalue weighted by molar-refractivity contribution is 6.04. The first-order valence-corrected chi connectivity index (χ1v) is 9.99. The molecule has 2 fully saturated rings. The van der Waals surface area contributed by atoms with Crippen molar-refractivity contribution in [2.75, 3.05) is 18.5 Å². The Morgan fingerprint density at radius 2 is 2.07 bits per heavy atom. The van der Waals surface area contributed by atoms with E-state index in [0.29, 0.717) is 24.0 Å². The Hall–Kier alpha value is -2.34. The first-order valence-electron chi connectivity index (χ1n) is 9.99. The van der Waals surface area contributed by atoms with Gasteiger partial charge in [0.05, 0.1) is 18.3 Å². The van der Waals surface area contributed by atoms with Gasteiger partial charge in [0.1, 0.15) is 18.2 Å². The van der Waals surface area contributed by atoms with Crippen molar-refractivity contribution in [3.63, 3.8) is 0 Å². The molecule has 4 rings (SSSR count). The summed E-state index contributed by atoms with van der Waals surface area (Å²) in [6.45, 7) is 1.34. The minimum absolute atomic E-state index is 0.143. The molecule has 1 N–H and O–H groups in total. The SMILES string of the molecule is O=C(Nc1ccnn1C1CCCCC1)c1cccc(OCC2CCCO2)c1. The summed E-state index contributed by atoms with van der Waals surface area (Å²) in [7, 11) is 0. The van der Waals surface area contributed by atoms with E-state index in [0.717, 1.165) is 38.1 Å². The molecule has 1 aromatic carbocycles. The summed E-state index contributed by atoms with van der Waals surface area (Å²) in [5.41, 5.74) is 0.580. The Labute approximate surface area is 159 Å². The summed E-state index contributed by atoms with van der Waals surface area (Å²) < 4.78 is 13.4. The van der Waals surface area contributed by atoms with Gasteiger partial charge in [0.2, 0.25) is 0 Å². The third kappa shape index (κ3) is 4.50. The van der Waals surface area contributed by atoms with Crippen LogP contribution in [0.15, 0.2) is 36.5 Å². The van der Waals surface area contributed by atoms with E-state index >= 15 is 0 Å². The quantitative estimate of drug-likeness (QED) is 0.829. The molecule has 2 heterocycles. The third-order valence-corrected chi connectivity index (χ3v) is 5.39. The molecule has 1 aliphatic heterocycles. The lowest BCUT2D eigenvalue weighted by atomic mass is 9.96. The van der Waals surface area contributed by atoms with Crippen molar-refractivity contribution in [2.45, 2.75) is 57.1 Å². The second-order valence-corrected chi connectivity index (χ2v) is 7.38. The van der Waals surface area contributed by atoms with Gasteiger partial charge in [-0.05, 0) is 43.9 Å². The van der Waals surface area contributed by atoms with Gasteiger partial charge in [-0.2, -0.15) is 5.10 Å². The molecule has 0 spiro atoms. The Morgan fingerprint density at radius 3 is 2.89 bits per heavy atom. The third-order valence-electron chi connectivity index (χ3n) is 5.39. The molecule has 1 atom stereocenters. The lowest BCUT2D eigenvalue weighted by Crippen LogP contribution is -2.20. The van der Waals surface area contributed by atoms with Crippen LogP contribution in [0.4, 0.5) is 5.82 Å². The second-order valence-electron chi connectivity index (χ2n) is 7.38. The fourth-order valence-corrected chi connectivity index (χ4v) is 3.91. The van der Waals surface area contributed by atoms with Crippen LogP contribution in [-0.2, 0) is 4.74 Å². The predicted octanol–water partition coefficient (Wildman–Crippen LogP) is 4.20. The van der Waals surface area contributed by atoms with E-state index in [4.69, 9.17) is 9.47 Å². The second kappa shape index (κ2) is 8.57. The molecule has 6 nitrogen and oxygen atoms in total. The number of carbonyl (C=O) groups excluding carboxylic acids is 1. The molecule has 144 valence electrons. The number of rotatable bonds is 6. The summed E-state index contributed by atoms with van der Waals surface area (Å²) in [5, 5.41) is 7.45. The van der Waals surface area contributed by atoms with Gasteiger partial charge in [-0.15, -0.1) is 0 Å². The van der Waals surface area contributed by atoms with Crippen LogP contribution in [0, 0.1) is 0 Å².